The van der Waals surface area contributed by atoms with E-state index in [9.17, 15) is 4.79 Å². The van der Waals surface area contributed by atoms with Crippen LogP contribution in [0.2, 0.25) is 0 Å². The van der Waals surface area contributed by atoms with Crippen molar-refractivity contribution < 1.29 is 19.0 Å². The lowest BCUT2D eigenvalue weighted by Gasteiger charge is -2.10. The summed E-state index contributed by atoms with van der Waals surface area (Å²) in [4.78, 5) is 11.4. The Kier molecular flexibility index (Phi) is 2.98. The molecule has 0 radical (unpaired) electrons. The number of rotatable bonds is 4. The van der Waals surface area contributed by atoms with E-state index < -0.39 is 0 Å². The molecule has 4 nitrogen and oxygen atoms in total. The van der Waals surface area contributed by atoms with Gasteiger partial charge >= 0.3 is 5.97 Å². The summed E-state index contributed by atoms with van der Waals surface area (Å²) in [6, 6.07) is 0. The highest BCUT2D eigenvalue weighted by molar-refractivity contribution is 5.79. The average molecular weight is 214 g/mol. The molecule has 0 aliphatic carbocycles. The standard InChI is InChI=1S/C11H18O4/c1-3-14-10(12)9-11(2,15-9)6-8-4-5-13-7-8/h8-9H,3-7H2,1-2H3. The SMILES string of the molecule is CCOC(=O)C1OC1(C)CC1CCOC1. The summed E-state index contributed by atoms with van der Waals surface area (Å²) in [5.74, 6) is 0.313. The second-order valence-corrected chi connectivity index (χ2v) is 4.50. The molecule has 0 saturated carbocycles. The van der Waals surface area contributed by atoms with Gasteiger partial charge in [0.2, 0.25) is 0 Å². The van der Waals surface area contributed by atoms with E-state index in [4.69, 9.17) is 14.2 Å². The molecule has 15 heavy (non-hydrogen) atoms. The van der Waals surface area contributed by atoms with E-state index in [-0.39, 0.29) is 17.7 Å². The molecule has 0 bridgehead atoms. The van der Waals surface area contributed by atoms with Gasteiger partial charge in [-0.25, -0.2) is 4.79 Å². The quantitative estimate of drug-likeness (QED) is 0.520. The molecule has 0 aromatic heterocycles. The van der Waals surface area contributed by atoms with E-state index in [0.717, 1.165) is 26.1 Å². The molecule has 0 aromatic carbocycles. The fraction of sp³-hybridized carbons (Fsp3) is 0.909. The second kappa shape index (κ2) is 4.10. The number of hydrogen-bond acceptors (Lipinski definition) is 4. The predicted molar refractivity (Wildman–Crippen MR) is 53.5 cm³/mol. The first kappa shape index (κ1) is 10.9. The zero-order valence-corrected chi connectivity index (χ0v) is 9.32. The minimum absolute atomic E-state index is 0.223. The number of epoxide rings is 1. The molecule has 2 rings (SSSR count). The molecule has 2 aliphatic rings. The first-order valence-corrected chi connectivity index (χ1v) is 5.58. The van der Waals surface area contributed by atoms with Crippen LogP contribution >= 0.6 is 0 Å². The number of esters is 1. The van der Waals surface area contributed by atoms with Gasteiger partial charge in [0, 0.05) is 13.2 Å². The third-order valence-electron chi connectivity index (χ3n) is 3.10. The van der Waals surface area contributed by atoms with Crippen molar-refractivity contribution in [3.05, 3.63) is 0 Å². The van der Waals surface area contributed by atoms with Crippen LogP contribution < -0.4 is 0 Å². The minimum Gasteiger partial charge on any atom is -0.464 e. The fourth-order valence-corrected chi connectivity index (χ4v) is 2.22. The van der Waals surface area contributed by atoms with Crippen LogP contribution in [0, 0.1) is 5.92 Å². The van der Waals surface area contributed by atoms with Gasteiger partial charge in [0.15, 0.2) is 6.10 Å². The first-order chi connectivity index (χ1) is 7.15. The van der Waals surface area contributed by atoms with Crippen molar-refractivity contribution in [1.82, 2.24) is 0 Å². The number of carbonyl (C=O) groups excluding carboxylic acids is 1. The van der Waals surface area contributed by atoms with Crippen LogP contribution in [0.5, 0.6) is 0 Å². The maximum Gasteiger partial charge on any atom is 0.338 e. The van der Waals surface area contributed by atoms with Crippen LogP contribution in [0.15, 0.2) is 0 Å². The van der Waals surface area contributed by atoms with Gasteiger partial charge in [-0.15, -0.1) is 0 Å². The smallest absolute Gasteiger partial charge is 0.338 e. The Bertz CT molecular complexity index is 247. The van der Waals surface area contributed by atoms with Gasteiger partial charge in [0.25, 0.3) is 0 Å². The van der Waals surface area contributed by atoms with E-state index >= 15 is 0 Å². The molecule has 86 valence electrons. The lowest BCUT2D eigenvalue weighted by molar-refractivity contribution is -0.144. The highest BCUT2D eigenvalue weighted by Gasteiger charge is 2.58. The number of carbonyl (C=O) groups is 1. The van der Waals surface area contributed by atoms with E-state index in [1.54, 1.807) is 0 Å². The fourth-order valence-electron chi connectivity index (χ4n) is 2.22. The van der Waals surface area contributed by atoms with Crippen LogP contribution in [-0.2, 0) is 19.0 Å². The van der Waals surface area contributed by atoms with Crippen molar-refractivity contribution in [1.29, 1.82) is 0 Å². The highest BCUT2D eigenvalue weighted by Crippen LogP contribution is 2.43. The van der Waals surface area contributed by atoms with Crippen LogP contribution in [0.4, 0.5) is 0 Å². The summed E-state index contributed by atoms with van der Waals surface area (Å²) in [6.45, 7) is 5.84. The summed E-state index contributed by atoms with van der Waals surface area (Å²) < 4.78 is 15.7. The molecule has 2 saturated heterocycles. The topological polar surface area (TPSA) is 48.1 Å². The molecule has 3 unspecified atom stereocenters. The van der Waals surface area contributed by atoms with Crippen molar-refractivity contribution in [2.75, 3.05) is 19.8 Å². The Hall–Kier alpha value is -0.610. The number of ether oxygens (including phenoxy) is 3. The molecule has 3 atom stereocenters. The Morgan fingerprint density at radius 3 is 3.00 bits per heavy atom. The molecule has 2 heterocycles. The maximum atomic E-state index is 11.4. The Morgan fingerprint density at radius 1 is 1.60 bits per heavy atom. The first-order valence-electron chi connectivity index (χ1n) is 5.58. The molecule has 0 aromatic rings. The van der Waals surface area contributed by atoms with E-state index in [1.807, 2.05) is 13.8 Å². The largest absolute Gasteiger partial charge is 0.464 e. The monoisotopic (exact) mass is 214 g/mol. The average Bonchev–Trinajstić information content (AvgIpc) is 2.61. The summed E-state index contributed by atoms with van der Waals surface area (Å²) >= 11 is 0. The van der Waals surface area contributed by atoms with E-state index in [2.05, 4.69) is 0 Å². The Morgan fingerprint density at radius 2 is 2.40 bits per heavy atom. The summed E-state index contributed by atoms with van der Waals surface area (Å²) in [6.07, 6.45) is 1.63. The van der Waals surface area contributed by atoms with Crippen molar-refractivity contribution in [3.63, 3.8) is 0 Å². The van der Waals surface area contributed by atoms with Crippen molar-refractivity contribution in [2.24, 2.45) is 5.92 Å². The van der Waals surface area contributed by atoms with Gasteiger partial charge in [-0.1, -0.05) is 0 Å². The van der Waals surface area contributed by atoms with Crippen molar-refractivity contribution >= 4 is 5.97 Å². The zero-order chi connectivity index (χ0) is 10.9. The van der Waals surface area contributed by atoms with Gasteiger partial charge in [-0.3, -0.25) is 0 Å². The molecule has 4 heteroatoms. The van der Waals surface area contributed by atoms with Crippen molar-refractivity contribution in [3.8, 4) is 0 Å². The lowest BCUT2D eigenvalue weighted by atomic mass is 9.92. The second-order valence-electron chi connectivity index (χ2n) is 4.50. The molecule has 2 aliphatic heterocycles. The third kappa shape index (κ3) is 2.32. The van der Waals surface area contributed by atoms with Gasteiger partial charge in [-0.2, -0.15) is 0 Å². The minimum atomic E-state index is -0.349. The van der Waals surface area contributed by atoms with Gasteiger partial charge in [-0.05, 0) is 32.6 Å². The lowest BCUT2D eigenvalue weighted by Crippen LogP contribution is -2.23. The molecule has 0 spiro atoms. The molecule has 2 fully saturated rings. The van der Waals surface area contributed by atoms with Gasteiger partial charge < -0.3 is 14.2 Å². The van der Waals surface area contributed by atoms with E-state index in [0.29, 0.717) is 12.5 Å². The van der Waals surface area contributed by atoms with Crippen LogP contribution in [0.3, 0.4) is 0 Å². The predicted octanol–water partition coefficient (Wildman–Crippen LogP) is 1.13. The zero-order valence-electron chi connectivity index (χ0n) is 9.32. The molecule has 0 amide bonds. The van der Waals surface area contributed by atoms with Gasteiger partial charge in [0.05, 0.1) is 6.61 Å². The van der Waals surface area contributed by atoms with E-state index in [1.165, 1.54) is 0 Å². The summed E-state index contributed by atoms with van der Waals surface area (Å²) in [5.41, 5.74) is -0.301. The Labute approximate surface area is 89.9 Å². The molecule has 0 N–H and O–H groups in total. The highest BCUT2D eigenvalue weighted by atomic mass is 16.7. The van der Waals surface area contributed by atoms with Crippen LogP contribution in [0.1, 0.15) is 26.7 Å². The summed E-state index contributed by atoms with van der Waals surface area (Å²) in [5, 5.41) is 0. The summed E-state index contributed by atoms with van der Waals surface area (Å²) in [7, 11) is 0. The van der Waals surface area contributed by atoms with Crippen LogP contribution in [-0.4, -0.2) is 37.5 Å². The van der Waals surface area contributed by atoms with Crippen molar-refractivity contribution in [2.45, 2.75) is 38.4 Å². The molecular formula is C11H18O4. The number of hydrogen-bond donors (Lipinski definition) is 0. The normalized spacial score (nSPS) is 39.1. The van der Waals surface area contributed by atoms with Crippen LogP contribution in [0.25, 0.3) is 0 Å². The molecular weight excluding hydrogens is 196 g/mol. The maximum absolute atomic E-state index is 11.4. The van der Waals surface area contributed by atoms with Gasteiger partial charge in [0.1, 0.15) is 5.60 Å². The Balaban J connectivity index is 1.80. The third-order valence-corrected chi connectivity index (χ3v) is 3.10.